The zero-order valence-electron chi connectivity index (χ0n) is 11.1. The van der Waals surface area contributed by atoms with Gasteiger partial charge in [0, 0.05) is 6.20 Å². The highest BCUT2D eigenvalue weighted by molar-refractivity contribution is 5.89. The summed E-state index contributed by atoms with van der Waals surface area (Å²) >= 11 is 0. The Morgan fingerprint density at radius 3 is 2.85 bits per heavy atom. The summed E-state index contributed by atoms with van der Waals surface area (Å²) in [6.45, 7) is 1.27. The average molecular weight is 273 g/mol. The van der Waals surface area contributed by atoms with Crippen LogP contribution < -0.4 is 5.32 Å². The van der Waals surface area contributed by atoms with E-state index in [4.69, 9.17) is 10.00 Å². The van der Waals surface area contributed by atoms with Gasteiger partial charge in [0.2, 0.25) is 0 Å². The fourth-order valence-corrected chi connectivity index (χ4v) is 1.90. The van der Waals surface area contributed by atoms with Gasteiger partial charge in [-0.3, -0.25) is 4.79 Å². The predicted octanol–water partition coefficient (Wildman–Crippen LogP) is 1.05. The van der Waals surface area contributed by atoms with E-state index >= 15 is 0 Å². The minimum Gasteiger partial charge on any atom is -0.451 e. The lowest BCUT2D eigenvalue weighted by Crippen LogP contribution is -2.48. The third kappa shape index (κ3) is 3.32. The molecule has 6 heteroatoms. The van der Waals surface area contributed by atoms with E-state index in [9.17, 15) is 9.59 Å². The molecule has 0 saturated heterocycles. The normalized spacial score (nSPS) is 16.6. The molecule has 104 valence electrons. The van der Waals surface area contributed by atoms with E-state index in [1.165, 1.54) is 12.3 Å². The number of aromatic nitrogens is 1. The summed E-state index contributed by atoms with van der Waals surface area (Å²) in [5.41, 5.74) is -0.736. The molecule has 0 aliphatic heterocycles. The summed E-state index contributed by atoms with van der Waals surface area (Å²) in [7, 11) is 0. The van der Waals surface area contributed by atoms with Gasteiger partial charge < -0.3 is 10.1 Å². The number of nitrogens with one attached hydrogen (secondary N) is 1. The summed E-state index contributed by atoms with van der Waals surface area (Å²) < 4.78 is 4.86. The first-order valence-electron chi connectivity index (χ1n) is 6.35. The van der Waals surface area contributed by atoms with Gasteiger partial charge in [-0.1, -0.05) is 6.07 Å². The predicted molar refractivity (Wildman–Crippen MR) is 69.4 cm³/mol. The van der Waals surface area contributed by atoms with E-state index in [0.717, 1.165) is 12.8 Å². The quantitative estimate of drug-likeness (QED) is 0.809. The Bertz CT molecular complexity index is 549. The Morgan fingerprint density at radius 1 is 1.55 bits per heavy atom. The molecular weight excluding hydrogens is 258 g/mol. The van der Waals surface area contributed by atoms with E-state index < -0.39 is 24.0 Å². The molecule has 0 unspecified atom stereocenters. The number of ether oxygens (including phenoxy) is 1. The second-order valence-electron chi connectivity index (χ2n) is 4.93. The highest BCUT2D eigenvalue weighted by Crippen LogP contribution is 2.39. The number of nitrogens with zero attached hydrogens (tertiary/aromatic N) is 2. The fraction of sp³-hybridized carbons (Fsp3) is 0.429. The van der Waals surface area contributed by atoms with Crippen molar-refractivity contribution < 1.29 is 14.3 Å². The van der Waals surface area contributed by atoms with Crippen molar-refractivity contribution in [3.63, 3.8) is 0 Å². The van der Waals surface area contributed by atoms with E-state index in [-0.39, 0.29) is 11.6 Å². The van der Waals surface area contributed by atoms with Gasteiger partial charge in [0.15, 0.2) is 6.61 Å². The number of hydrogen-bond acceptors (Lipinski definition) is 5. The van der Waals surface area contributed by atoms with E-state index in [2.05, 4.69) is 16.4 Å². The van der Waals surface area contributed by atoms with Gasteiger partial charge >= 0.3 is 5.97 Å². The Hall–Kier alpha value is -2.42. The monoisotopic (exact) mass is 273 g/mol. The summed E-state index contributed by atoms with van der Waals surface area (Å²) in [5.74, 6) is -0.959. The highest BCUT2D eigenvalue weighted by atomic mass is 16.5. The lowest BCUT2D eigenvalue weighted by atomic mass is 9.98. The van der Waals surface area contributed by atoms with Gasteiger partial charge in [0.1, 0.15) is 11.2 Å². The first kappa shape index (κ1) is 14.0. The molecule has 6 nitrogen and oxygen atoms in total. The Kier molecular flexibility index (Phi) is 3.99. The van der Waals surface area contributed by atoms with Crippen molar-refractivity contribution in [1.29, 1.82) is 5.26 Å². The maximum absolute atomic E-state index is 11.7. The topological polar surface area (TPSA) is 92.1 Å². The molecular formula is C14H15N3O3. The van der Waals surface area contributed by atoms with Crippen LogP contribution in [0.15, 0.2) is 24.4 Å². The molecule has 1 aromatic heterocycles. The van der Waals surface area contributed by atoms with Crippen LogP contribution in [0.4, 0.5) is 0 Å². The van der Waals surface area contributed by atoms with Gasteiger partial charge in [-0.2, -0.15) is 5.26 Å². The Morgan fingerprint density at radius 2 is 2.30 bits per heavy atom. The summed E-state index contributed by atoms with van der Waals surface area (Å²) in [5, 5.41) is 11.7. The SMILES string of the molecule is C[C@](C#N)(NC(=O)COC(=O)c1ccccn1)C1CC1. The molecule has 1 saturated carbocycles. The summed E-state index contributed by atoms with van der Waals surface area (Å²) in [4.78, 5) is 27.2. The van der Waals surface area contributed by atoms with E-state index in [1.54, 1.807) is 19.1 Å². The zero-order valence-corrected chi connectivity index (χ0v) is 11.1. The van der Waals surface area contributed by atoms with Crippen molar-refractivity contribution in [1.82, 2.24) is 10.3 Å². The zero-order chi connectivity index (χ0) is 14.6. The molecule has 1 atom stereocenters. The molecule has 1 N–H and O–H groups in total. The van der Waals surface area contributed by atoms with Crippen LogP contribution in [0.2, 0.25) is 0 Å². The average Bonchev–Trinajstić information content (AvgIpc) is 3.30. The van der Waals surface area contributed by atoms with Crippen LogP contribution in [0.1, 0.15) is 30.3 Å². The van der Waals surface area contributed by atoms with Crippen molar-refractivity contribution in [2.45, 2.75) is 25.3 Å². The van der Waals surface area contributed by atoms with E-state index in [1.807, 2.05) is 0 Å². The van der Waals surface area contributed by atoms with Gasteiger partial charge in [-0.15, -0.1) is 0 Å². The molecule has 1 aliphatic rings. The molecule has 1 fully saturated rings. The molecule has 0 aromatic carbocycles. The van der Waals surface area contributed by atoms with Crippen LogP contribution in [0.25, 0.3) is 0 Å². The van der Waals surface area contributed by atoms with Crippen molar-refractivity contribution >= 4 is 11.9 Å². The van der Waals surface area contributed by atoms with Gasteiger partial charge in [-0.05, 0) is 37.8 Å². The third-order valence-corrected chi connectivity index (χ3v) is 3.23. The number of carbonyl (C=O) groups excluding carboxylic acids is 2. The lowest BCUT2D eigenvalue weighted by molar-refractivity contribution is -0.125. The number of nitriles is 1. The molecule has 1 aliphatic carbocycles. The molecule has 20 heavy (non-hydrogen) atoms. The molecule has 0 spiro atoms. The summed E-state index contributed by atoms with van der Waals surface area (Å²) in [6, 6.07) is 6.94. The number of pyridine rings is 1. The Labute approximate surface area is 116 Å². The number of amides is 1. The second kappa shape index (κ2) is 5.70. The first-order valence-corrected chi connectivity index (χ1v) is 6.35. The largest absolute Gasteiger partial charge is 0.451 e. The molecule has 2 rings (SSSR count). The number of hydrogen-bond donors (Lipinski definition) is 1. The van der Waals surface area contributed by atoms with Crippen LogP contribution in [-0.4, -0.2) is 29.0 Å². The van der Waals surface area contributed by atoms with Crippen LogP contribution >= 0.6 is 0 Å². The van der Waals surface area contributed by atoms with E-state index in [0.29, 0.717) is 0 Å². The van der Waals surface area contributed by atoms with Gasteiger partial charge in [0.05, 0.1) is 6.07 Å². The number of rotatable bonds is 5. The van der Waals surface area contributed by atoms with Crippen LogP contribution in [0.3, 0.4) is 0 Å². The molecule has 1 heterocycles. The van der Waals surface area contributed by atoms with Crippen molar-refractivity contribution in [2.75, 3.05) is 6.61 Å². The minimum absolute atomic E-state index is 0.144. The summed E-state index contributed by atoms with van der Waals surface area (Å²) in [6.07, 6.45) is 3.33. The van der Waals surface area contributed by atoms with Crippen LogP contribution in [0, 0.1) is 17.2 Å². The number of carbonyl (C=O) groups is 2. The standard InChI is InChI=1S/C14H15N3O3/c1-14(9-15,10-5-6-10)17-12(18)8-20-13(19)11-4-2-3-7-16-11/h2-4,7,10H,5-6,8H2,1H3,(H,17,18)/t14-/m1/s1. The molecule has 0 radical (unpaired) electrons. The van der Waals surface area contributed by atoms with Crippen LogP contribution in [0.5, 0.6) is 0 Å². The maximum atomic E-state index is 11.7. The van der Waals surface area contributed by atoms with Gasteiger partial charge in [-0.25, -0.2) is 9.78 Å². The highest BCUT2D eigenvalue weighted by Gasteiger charge is 2.43. The molecule has 0 bridgehead atoms. The van der Waals surface area contributed by atoms with Gasteiger partial charge in [0.25, 0.3) is 5.91 Å². The molecule has 1 amide bonds. The van der Waals surface area contributed by atoms with Crippen LogP contribution in [-0.2, 0) is 9.53 Å². The lowest BCUT2D eigenvalue weighted by Gasteiger charge is -2.22. The third-order valence-electron chi connectivity index (χ3n) is 3.23. The second-order valence-corrected chi connectivity index (χ2v) is 4.93. The Balaban J connectivity index is 1.84. The maximum Gasteiger partial charge on any atom is 0.357 e. The minimum atomic E-state index is -0.880. The smallest absolute Gasteiger partial charge is 0.357 e. The van der Waals surface area contributed by atoms with Crippen molar-refractivity contribution in [3.05, 3.63) is 30.1 Å². The first-order chi connectivity index (χ1) is 9.55. The van der Waals surface area contributed by atoms with Crippen molar-refractivity contribution in [3.8, 4) is 6.07 Å². The fourth-order valence-electron chi connectivity index (χ4n) is 1.90. The molecule has 1 aromatic rings. The van der Waals surface area contributed by atoms with Crippen molar-refractivity contribution in [2.24, 2.45) is 5.92 Å². The number of esters is 1.